The average Bonchev–Trinajstić information content (AvgIpc) is 2.40. The van der Waals surface area contributed by atoms with Gasteiger partial charge in [0.05, 0.1) is 5.39 Å². The Morgan fingerprint density at radius 3 is 2.47 bits per heavy atom. The van der Waals surface area contributed by atoms with E-state index in [9.17, 15) is 9.59 Å². The lowest BCUT2D eigenvalue weighted by Crippen LogP contribution is -2.34. The van der Waals surface area contributed by atoms with Crippen LogP contribution < -0.4 is 5.43 Å². The van der Waals surface area contributed by atoms with E-state index in [0.29, 0.717) is 29.8 Å². The second kappa shape index (κ2) is 5.26. The SMILES string of the molecule is CCN(CC)C(=O)c1c(C)oc2ccccc2c1=O. The number of rotatable bonds is 3. The van der Waals surface area contributed by atoms with Crippen molar-refractivity contribution >= 4 is 16.9 Å². The quantitative estimate of drug-likeness (QED) is 0.851. The first-order valence-electron chi connectivity index (χ1n) is 6.41. The normalized spacial score (nSPS) is 10.7. The molecule has 0 bridgehead atoms. The third-order valence-corrected chi connectivity index (χ3v) is 3.24. The van der Waals surface area contributed by atoms with Crippen molar-refractivity contribution in [3.05, 3.63) is 45.8 Å². The number of hydrogen-bond acceptors (Lipinski definition) is 3. The van der Waals surface area contributed by atoms with Crippen LogP contribution in [0.5, 0.6) is 0 Å². The molecule has 1 amide bonds. The van der Waals surface area contributed by atoms with E-state index in [2.05, 4.69) is 0 Å². The number of amides is 1. The van der Waals surface area contributed by atoms with Crippen LogP contribution in [0.3, 0.4) is 0 Å². The van der Waals surface area contributed by atoms with Gasteiger partial charge in [-0.1, -0.05) is 12.1 Å². The summed E-state index contributed by atoms with van der Waals surface area (Å²) in [7, 11) is 0. The number of carbonyl (C=O) groups is 1. The maximum absolute atomic E-state index is 12.4. The lowest BCUT2D eigenvalue weighted by molar-refractivity contribution is 0.0768. The van der Waals surface area contributed by atoms with Crippen molar-refractivity contribution in [1.82, 2.24) is 4.90 Å². The molecule has 0 radical (unpaired) electrons. The molecule has 0 atom stereocenters. The first-order valence-corrected chi connectivity index (χ1v) is 6.41. The molecule has 100 valence electrons. The van der Waals surface area contributed by atoms with E-state index >= 15 is 0 Å². The van der Waals surface area contributed by atoms with Gasteiger partial charge in [-0.3, -0.25) is 9.59 Å². The van der Waals surface area contributed by atoms with Crippen LogP contribution >= 0.6 is 0 Å². The minimum atomic E-state index is -0.262. The van der Waals surface area contributed by atoms with Gasteiger partial charge in [-0.2, -0.15) is 0 Å². The highest BCUT2D eigenvalue weighted by Gasteiger charge is 2.21. The average molecular weight is 259 g/mol. The first-order chi connectivity index (χ1) is 9.10. The van der Waals surface area contributed by atoms with Crippen molar-refractivity contribution < 1.29 is 9.21 Å². The van der Waals surface area contributed by atoms with Gasteiger partial charge in [-0.05, 0) is 32.9 Å². The summed E-state index contributed by atoms with van der Waals surface area (Å²) in [4.78, 5) is 26.4. The lowest BCUT2D eigenvalue weighted by atomic mass is 10.1. The zero-order valence-electron chi connectivity index (χ0n) is 11.4. The topological polar surface area (TPSA) is 50.5 Å². The van der Waals surface area contributed by atoms with E-state index in [1.54, 1.807) is 36.1 Å². The van der Waals surface area contributed by atoms with Crippen LogP contribution in [0.1, 0.15) is 30.0 Å². The molecule has 4 nitrogen and oxygen atoms in total. The molecule has 0 aliphatic heterocycles. The highest BCUT2D eigenvalue weighted by molar-refractivity contribution is 5.97. The molecule has 0 aliphatic carbocycles. The van der Waals surface area contributed by atoms with Gasteiger partial charge in [0.25, 0.3) is 5.91 Å². The summed E-state index contributed by atoms with van der Waals surface area (Å²) in [5, 5.41) is 0.448. The molecule has 0 N–H and O–H groups in total. The second-order valence-electron chi connectivity index (χ2n) is 4.34. The van der Waals surface area contributed by atoms with Crippen molar-refractivity contribution in [1.29, 1.82) is 0 Å². The van der Waals surface area contributed by atoms with Crippen LogP contribution in [-0.4, -0.2) is 23.9 Å². The number of hydrogen-bond donors (Lipinski definition) is 0. The van der Waals surface area contributed by atoms with Gasteiger partial charge in [0.15, 0.2) is 0 Å². The summed E-state index contributed by atoms with van der Waals surface area (Å²) in [6, 6.07) is 6.98. The van der Waals surface area contributed by atoms with E-state index in [-0.39, 0.29) is 16.9 Å². The van der Waals surface area contributed by atoms with Crippen molar-refractivity contribution in [3.63, 3.8) is 0 Å². The Kier molecular flexibility index (Phi) is 3.69. The summed E-state index contributed by atoms with van der Waals surface area (Å²) in [5.74, 6) is 0.114. The molecule has 0 unspecified atom stereocenters. The molecule has 2 aromatic rings. The van der Waals surface area contributed by atoms with E-state index < -0.39 is 0 Å². The van der Waals surface area contributed by atoms with Crippen LogP contribution in [0.2, 0.25) is 0 Å². The number of nitrogens with zero attached hydrogens (tertiary/aromatic N) is 1. The van der Waals surface area contributed by atoms with Gasteiger partial charge in [0.1, 0.15) is 16.9 Å². The number of aryl methyl sites for hydroxylation is 1. The van der Waals surface area contributed by atoms with E-state index in [1.807, 2.05) is 13.8 Å². The van der Waals surface area contributed by atoms with Gasteiger partial charge in [0.2, 0.25) is 5.43 Å². The third kappa shape index (κ3) is 2.26. The van der Waals surface area contributed by atoms with Gasteiger partial charge < -0.3 is 9.32 Å². The Balaban J connectivity index is 2.67. The van der Waals surface area contributed by atoms with Crippen LogP contribution in [-0.2, 0) is 0 Å². The number of para-hydroxylation sites is 1. The van der Waals surface area contributed by atoms with E-state index in [1.165, 1.54) is 0 Å². The first kappa shape index (κ1) is 13.3. The second-order valence-corrected chi connectivity index (χ2v) is 4.34. The molecule has 1 aromatic heterocycles. The largest absolute Gasteiger partial charge is 0.460 e. The predicted octanol–water partition coefficient (Wildman–Crippen LogP) is 2.58. The van der Waals surface area contributed by atoms with Crippen molar-refractivity contribution in [2.75, 3.05) is 13.1 Å². The summed E-state index contributed by atoms with van der Waals surface area (Å²) in [6.07, 6.45) is 0. The highest BCUT2D eigenvalue weighted by Crippen LogP contribution is 2.16. The molecule has 0 saturated heterocycles. The summed E-state index contributed by atoms with van der Waals surface area (Å²) < 4.78 is 5.59. The maximum atomic E-state index is 12.4. The van der Waals surface area contributed by atoms with Crippen LogP contribution in [0, 0.1) is 6.92 Å². The zero-order chi connectivity index (χ0) is 14.0. The molecule has 1 heterocycles. The van der Waals surface area contributed by atoms with Crippen molar-refractivity contribution in [2.24, 2.45) is 0 Å². The number of fused-ring (bicyclic) bond motifs is 1. The molecular formula is C15H17NO3. The number of carbonyl (C=O) groups excluding carboxylic acids is 1. The fraction of sp³-hybridized carbons (Fsp3) is 0.333. The highest BCUT2D eigenvalue weighted by atomic mass is 16.3. The minimum absolute atomic E-state index is 0.141. The van der Waals surface area contributed by atoms with Crippen LogP contribution in [0.15, 0.2) is 33.5 Å². The van der Waals surface area contributed by atoms with E-state index in [0.717, 1.165) is 0 Å². The third-order valence-electron chi connectivity index (χ3n) is 3.24. The Bertz CT molecular complexity index is 669. The lowest BCUT2D eigenvalue weighted by Gasteiger charge is -2.19. The van der Waals surface area contributed by atoms with Crippen LogP contribution in [0.25, 0.3) is 11.0 Å². The fourth-order valence-electron chi connectivity index (χ4n) is 2.17. The molecule has 1 aromatic carbocycles. The molecule has 0 saturated carbocycles. The van der Waals surface area contributed by atoms with Gasteiger partial charge >= 0.3 is 0 Å². The summed E-state index contributed by atoms with van der Waals surface area (Å²) >= 11 is 0. The Morgan fingerprint density at radius 1 is 1.21 bits per heavy atom. The number of benzene rings is 1. The molecule has 19 heavy (non-hydrogen) atoms. The summed E-state index contributed by atoms with van der Waals surface area (Å²) in [5.41, 5.74) is 0.403. The maximum Gasteiger partial charge on any atom is 0.261 e. The minimum Gasteiger partial charge on any atom is -0.460 e. The Labute approximate surface area is 111 Å². The molecule has 4 heteroatoms. The molecule has 2 rings (SSSR count). The molecule has 0 fully saturated rings. The standard InChI is InChI=1S/C15H17NO3/c1-4-16(5-2)15(18)13-10(3)19-12-9-7-6-8-11(12)14(13)17/h6-9H,4-5H2,1-3H3. The van der Waals surface area contributed by atoms with E-state index in [4.69, 9.17) is 4.42 Å². The Hall–Kier alpha value is -2.10. The van der Waals surface area contributed by atoms with Gasteiger partial charge in [0, 0.05) is 13.1 Å². The predicted molar refractivity (Wildman–Crippen MR) is 74.5 cm³/mol. The molecule has 0 spiro atoms. The summed E-state index contributed by atoms with van der Waals surface area (Å²) in [6.45, 7) is 6.57. The zero-order valence-corrected chi connectivity index (χ0v) is 11.4. The Morgan fingerprint density at radius 2 is 1.84 bits per heavy atom. The van der Waals surface area contributed by atoms with Gasteiger partial charge in [-0.15, -0.1) is 0 Å². The van der Waals surface area contributed by atoms with Crippen molar-refractivity contribution in [2.45, 2.75) is 20.8 Å². The smallest absolute Gasteiger partial charge is 0.261 e. The monoisotopic (exact) mass is 259 g/mol. The van der Waals surface area contributed by atoms with Gasteiger partial charge in [-0.25, -0.2) is 0 Å². The fourth-order valence-corrected chi connectivity index (χ4v) is 2.17. The molecular weight excluding hydrogens is 242 g/mol. The van der Waals surface area contributed by atoms with Crippen LogP contribution in [0.4, 0.5) is 0 Å². The molecule has 0 aliphatic rings. The van der Waals surface area contributed by atoms with Crippen molar-refractivity contribution in [3.8, 4) is 0 Å².